The molecule has 0 aliphatic carbocycles. The predicted octanol–water partition coefficient (Wildman–Crippen LogP) is 0.829. The highest BCUT2D eigenvalue weighted by Crippen LogP contribution is 2.28. The van der Waals surface area contributed by atoms with Gasteiger partial charge in [-0.15, -0.1) is 0 Å². The van der Waals surface area contributed by atoms with E-state index in [4.69, 9.17) is 5.73 Å². The summed E-state index contributed by atoms with van der Waals surface area (Å²) in [5.41, 5.74) is 1.81. The molecule has 72 valence electrons. The van der Waals surface area contributed by atoms with Crippen LogP contribution in [0.5, 0.6) is 0 Å². The van der Waals surface area contributed by atoms with E-state index >= 15 is 0 Å². The van der Waals surface area contributed by atoms with Gasteiger partial charge < -0.3 is 10.5 Å². The Kier molecular flexibility index (Phi) is 3.09. The normalized spacial score (nSPS) is 16.8. The Morgan fingerprint density at radius 2 is 1.92 bits per heavy atom. The summed E-state index contributed by atoms with van der Waals surface area (Å²) in [5.74, 6) is -1.46. The first-order valence-corrected chi connectivity index (χ1v) is 3.26. The molecule has 0 radical (unpaired) electrons. The Hall–Kier alpha value is -0.780. The van der Waals surface area contributed by atoms with E-state index in [0.29, 0.717) is 6.92 Å². The summed E-state index contributed by atoms with van der Waals surface area (Å²) in [6.07, 6.45) is -4.78. The lowest BCUT2D eigenvalue weighted by Gasteiger charge is -2.24. The molecular weight excluding hydrogens is 175 g/mol. The lowest BCUT2D eigenvalue weighted by molar-refractivity contribution is -0.201. The Balaban J connectivity index is 4.50. The zero-order valence-electron chi connectivity index (χ0n) is 6.73. The van der Waals surface area contributed by atoms with Gasteiger partial charge in [-0.05, 0) is 13.8 Å². The van der Waals surface area contributed by atoms with E-state index in [1.807, 2.05) is 0 Å². The molecule has 0 aliphatic heterocycles. The molecule has 6 heteroatoms. The van der Waals surface area contributed by atoms with Crippen molar-refractivity contribution in [2.24, 2.45) is 5.73 Å². The van der Waals surface area contributed by atoms with Crippen LogP contribution in [-0.4, -0.2) is 24.3 Å². The molecule has 2 N–H and O–H groups in total. The lowest BCUT2D eigenvalue weighted by atomic mass is 10.0. The van der Waals surface area contributed by atoms with Gasteiger partial charge in [-0.1, -0.05) is 0 Å². The summed E-state index contributed by atoms with van der Waals surface area (Å²) < 4.78 is 40.1. The molecule has 0 saturated carbocycles. The number of carbonyl (C=O) groups is 1. The van der Waals surface area contributed by atoms with Crippen molar-refractivity contribution in [3.8, 4) is 0 Å². The Bertz CT molecular complexity index is 176. The number of ether oxygens (including phenoxy) is 1. The Morgan fingerprint density at radius 1 is 1.50 bits per heavy atom. The van der Waals surface area contributed by atoms with Gasteiger partial charge in [0.2, 0.25) is 5.54 Å². The van der Waals surface area contributed by atoms with Crippen molar-refractivity contribution in [1.29, 1.82) is 0 Å². The summed E-state index contributed by atoms with van der Waals surface area (Å²) >= 11 is 0. The van der Waals surface area contributed by atoms with Crippen LogP contribution in [0.4, 0.5) is 13.2 Å². The molecular formula is C6H10F3NO2. The number of esters is 1. The van der Waals surface area contributed by atoms with Crippen LogP contribution in [0.25, 0.3) is 0 Å². The fourth-order valence-electron chi connectivity index (χ4n) is 0.397. The quantitative estimate of drug-likeness (QED) is 0.648. The van der Waals surface area contributed by atoms with E-state index in [2.05, 4.69) is 4.74 Å². The third-order valence-corrected chi connectivity index (χ3v) is 1.29. The van der Waals surface area contributed by atoms with E-state index < -0.39 is 17.7 Å². The molecule has 0 saturated heterocycles. The molecule has 0 rings (SSSR count). The van der Waals surface area contributed by atoms with Crippen molar-refractivity contribution in [2.75, 3.05) is 6.61 Å². The minimum atomic E-state index is -4.78. The van der Waals surface area contributed by atoms with E-state index in [1.165, 1.54) is 6.92 Å². The number of hydrogen-bond acceptors (Lipinski definition) is 3. The summed E-state index contributed by atoms with van der Waals surface area (Å²) in [4.78, 5) is 10.6. The molecule has 3 nitrogen and oxygen atoms in total. The van der Waals surface area contributed by atoms with Crippen LogP contribution in [0.2, 0.25) is 0 Å². The van der Waals surface area contributed by atoms with Gasteiger partial charge in [0.25, 0.3) is 0 Å². The Morgan fingerprint density at radius 3 is 2.17 bits per heavy atom. The van der Waals surface area contributed by atoms with E-state index in [9.17, 15) is 18.0 Å². The maximum atomic E-state index is 12.0. The molecule has 0 aromatic rings. The number of carbonyl (C=O) groups excluding carboxylic acids is 1. The molecule has 0 spiro atoms. The van der Waals surface area contributed by atoms with Gasteiger partial charge >= 0.3 is 12.1 Å². The third kappa shape index (κ3) is 2.10. The molecule has 0 bridgehead atoms. The van der Waals surface area contributed by atoms with Gasteiger partial charge in [-0.25, -0.2) is 4.79 Å². The monoisotopic (exact) mass is 185 g/mol. The fourth-order valence-corrected chi connectivity index (χ4v) is 0.397. The van der Waals surface area contributed by atoms with Crippen LogP contribution in [-0.2, 0) is 9.53 Å². The number of halogens is 3. The van der Waals surface area contributed by atoms with E-state index in [-0.39, 0.29) is 6.61 Å². The molecule has 0 amide bonds. The van der Waals surface area contributed by atoms with Gasteiger partial charge in [0.05, 0.1) is 6.61 Å². The number of hydrogen-bond donors (Lipinski definition) is 1. The van der Waals surface area contributed by atoms with Gasteiger partial charge in [0, 0.05) is 0 Å². The molecule has 0 aliphatic rings. The average Bonchev–Trinajstić information content (AvgIpc) is 1.85. The van der Waals surface area contributed by atoms with Crippen molar-refractivity contribution in [3.05, 3.63) is 0 Å². The van der Waals surface area contributed by atoms with Crippen LogP contribution < -0.4 is 5.73 Å². The smallest absolute Gasteiger partial charge is 0.416 e. The second-order valence-corrected chi connectivity index (χ2v) is 2.42. The van der Waals surface area contributed by atoms with Crippen molar-refractivity contribution >= 4 is 5.97 Å². The second-order valence-electron chi connectivity index (χ2n) is 2.42. The molecule has 1 atom stereocenters. The zero-order valence-corrected chi connectivity index (χ0v) is 6.73. The topological polar surface area (TPSA) is 52.3 Å². The summed E-state index contributed by atoms with van der Waals surface area (Å²) in [7, 11) is 0. The highest BCUT2D eigenvalue weighted by atomic mass is 19.4. The molecule has 0 aromatic carbocycles. The summed E-state index contributed by atoms with van der Waals surface area (Å²) in [5, 5.41) is 0. The number of nitrogens with two attached hydrogens (primary N) is 1. The SMILES string of the molecule is CCOC(=O)C(C)(N)C(F)(F)F. The second kappa shape index (κ2) is 3.30. The van der Waals surface area contributed by atoms with Gasteiger partial charge in [0.1, 0.15) is 0 Å². The molecule has 1 unspecified atom stereocenters. The first kappa shape index (κ1) is 11.2. The van der Waals surface area contributed by atoms with E-state index in [0.717, 1.165) is 0 Å². The van der Waals surface area contributed by atoms with Crippen LogP contribution in [0.15, 0.2) is 0 Å². The van der Waals surface area contributed by atoms with Crippen LogP contribution in [0, 0.1) is 0 Å². The standard InChI is InChI=1S/C6H10F3NO2/c1-3-12-4(11)5(2,10)6(7,8)9/h3,10H2,1-2H3. The largest absolute Gasteiger partial charge is 0.464 e. The highest BCUT2D eigenvalue weighted by molar-refractivity contribution is 5.81. The number of alkyl halides is 3. The lowest BCUT2D eigenvalue weighted by Crippen LogP contribution is -2.57. The van der Waals surface area contributed by atoms with E-state index in [1.54, 1.807) is 0 Å². The van der Waals surface area contributed by atoms with Crippen molar-refractivity contribution in [2.45, 2.75) is 25.6 Å². The predicted molar refractivity (Wildman–Crippen MR) is 35.3 cm³/mol. The minimum absolute atomic E-state index is 0.123. The van der Waals surface area contributed by atoms with Gasteiger partial charge in [0.15, 0.2) is 0 Å². The third-order valence-electron chi connectivity index (χ3n) is 1.29. The van der Waals surface area contributed by atoms with Crippen molar-refractivity contribution in [3.63, 3.8) is 0 Å². The molecule has 0 fully saturated rings. The first-order chi connectivity index (χ1) is 5.23. The first-order valence-electron chi connectivity index (χ1n) is 3.26. The maximum Gasteiger partial charge on any atom is 0.416 e. The fraction of sp³-hybridized carbons (Fsp3) is 0.833. The molecule has 0 aromatic heterocycles. The summed E-state index contributed by atoms with van der Waals surface area (Å²) in [6.45, 7) is 1.86. The summed E-state index contributed by atoms with van der Waals surface area (Å²) in [6, 6.07) is 0. The number of rotatable bonds is 2. The molecule has 0 heterocycles. The molecule has 12 heavy (non-hydrogen) atoms. The minimum Gasteiger partial charge on any atom is -0.464 e. The van der Waals surface area contributed by atoms with Crippen LogP contribution in [0.1, 0.15) is 13.8 Å². The average molecular weight is 185 g/mol. The zero-order chi connectivity index (χ0) is 9.99. The Labute approximate surface area is 67.7 Å². The van der Waals surface area contributed by atoms with Gasteiger partial charge in [-0.2, -0.15) is 13.2 Å². The van der Waals surface area contributed by atoms with Gasteiger partial charge in [-0.3, -0.25) is 0 Å². The maximum absolute atomic E-state index is 12.0. The van der Waals surface area contributed by atoms with Crippen LogP contribution >= 0.6 is 0 Å². The van der Waals surface area contributed by atoms with Crippen molar-refractivity contribution in [1.82, 2.24) is 0 Å². The van der Waals surface area contributed by atoms with Crippen LogP contribution in [0.3, 0.4) is 0 Å². The highest BCUT2D eigenvalue weighted by Gasteiger charge is 2.55. The van der Waals surface area contributed by atoms with Crippen molar-refractivity contribution < 1.29 is 22.7 Å².